The molecule has 3 heteroatoms. The van der Waals surface area contributed by atoms with Gasteiger partial charge >= 0.3 is 0 Å². The second-order valence-corrected chi connectivity index (χ2v) is 5.50. The van der Waals surface area contributed by atoms with Gasteiger partial charge in [-0.2, -0.15) is 0 Å². The Bertz CT molecular complexity index is 490. The number of thioether (sulfide) groups is 1. The Morgan fingerprint density at radius 1 is 1.20 bits per heavy atom. The maximum Gasteiger partial charge on any atom is 0.115 e. The van der Waals surface area contributed by atoms with Crippen molar-refractivity contribution in [3.05, 3.63) is 51.7 Å². The van der Waals surface area contributed by atoms with Gasteiger partial charge < -0.3 is 5.11 Å². The lowest BCUT2D eigenvalue weighted by Crippen LogP contribution is -1.98. The third kappa shape index (κ3) is 1.51. The molecule has 1 nitrogen and oxygen atoms in total. The van der Waals surface area contributed by atoms with E-state index in [1.54, 1.807) is 11.3 Å². The van der Waals surface area contributed by atoms with Crippen molar-refractivity contribution in [2.75, 3.05) is 0 Å². The number of aliphatic hydroxyl groups is 1. The Balaban J connectivity index is 2.18. The van der Waals surface area contributed by atoms with Gasteiger partial charge in [-0.05, 0) is 28.6 Å². The number of hydrogen-bond donors (Lipinski definition) is 1. The van der Waals surface area contributed by atoms with Crippen LogP contribution in [0.1, 0.15) is 22.1 Å². The van der Waals surface area contributed by atoms with Crippen LogP contribution < -0.4 is 0 Å². The van der Waals surface area contributed by atoms with E-state index in [0.717, 1.165) is 16.2 Å². The summed E-state index contributed by atoms with van der Waals surface area (Å²) >= 11 is 3.45. The molecule has 1 unspecified atom stereocenters. The van der Waals surface area contributed by atoms with Crippen LogP contribution in [0.2, 0.25) is 0 Å². The van der Waals surface area contributed by atoms with Crippen molar-refractivity contribution in [3.63, 3.8) is 0 Å². The first kappa shape index (κ1) is 9.46. The second-order valence-electron chi connectivity index (χ2n) is 3.54. The maximum atomic E-state index is 10.3. The molecule has 0 bridgehead atoms. The molecule has 0 aliphatic carbocycles. The van der Waals surface area contributed by atoms with Gasteiger partial charge in [0.1, 0.15) is 6.10 Å². The first-order valence-electron chi connectivity index (χ1n) is 4.82. The van der Waals surface area contributed by atoms with Gasteiger partial charge in [0, 0.05) is 15.5 Å². The molecule has 76 valence electrons. The van der Waals surface area contributed by atoms with Gasteiger partial charge in [-0.1, -0.05) is 18.2 Å². The molecule has 1 aliphatic rings. The monoisotopic (exact) mass is 234 g/mol. The number of thiophene rings is 1. The summed E-state index contributed by atoms with van der Waals surface area (Å²) in [7, 11) is 0. The largest absolute Gasteiger partial charge is 0.383 e. The summed E-state index contributed by atoms with van der Waals surface area (Å²) in [6.45, 7) is 0. The van der Waals surface area contributed by atoms with Gasteiger partial charge in [0.05, 0.1) is 0 Å². The third-order valence-corrected chi connectivity index (χ3v) is 4.78. The van der Waals surface area contributed by atoms with Gasteiger partial charge in [-0.15, -0.1) is 23.1 Å². The third-order valence-electron chi connectivity index (χ3n) is 2.63. The van der Waals surface area contributed by atoms with Crippen LogP contribution in [0, 0.1) is 0 Å². The van der Waals surface area contributed by atoms with Crippen LogP contribution in [-0.4, -0.2) is 5.11 Å². The Kier molecular flexibility index (Phi) is 2.31. The molecule has 0 amide bonds. The molecule has 1 aromatic heterocycles. The Morgan fingerprint density at radius 2 is 2.07 bits per heavy atom. The number of hydrogen-bond acceptors (Lipinski definition) is 3. The highest BCUT2D eigenvalue weighted by atomic mass is 32.2. The van der Waals surface area contributed by atoms with Crippen molar-refractivity contribution in [2.24, 2.45) is 0 Å². The van der Waals surface area contributed by atoms with Crippen molar-refractivity contribution in [1.82, 2.24) is 0 Å². The van der Waals surface area contributed by atoms with E-state index in [2.05, 4.69) is 17.5 Å². The van der Waals surface area contributed by atoms with Gasteiger partial charge in [0.25, 0.3) is 0 Å². The molecule has 0 saturated carbocycles. The zero-order chi connectivity index (χ0) is 10.3. The van der Waals surface area contributed by atoms with Gasteiger partial charge in [-0.25, -0.2) is 0 Å². The van der Waals surface area contributed by atoms with E-state index >= 15 is 0 Å². The Hall–Kier alpha value is -0.770. The van der Waals surface area contributed by atoms with Crippen LogP contribution in [0.25, 0.3) is 0 Å². The van der Waals surface area contributed by atoms with E-state index in [1.807, 2.05) is 30.0 Å². The van der Waals surface area contributed by atoms with E-state index in [-0.39, 0.29) is 0 Å². The maximum absolute atomic E-state index is 10.3. The van der Waals surface area contributed by atoms with Crippen molar-refractivity contribution >= 4 is 23.1 Å². The zero-order valence-electron chi connectivity index (χ0n) is 8.01. The fraction of sp³-hybridized carbons (Fsp3) is 0.167. The highest BCUT2D eigenvalue weighted by molar-refractivity contribution is 7.98. The lowest BCUT2D eigenvalue weighted by Gasteiger charge is -2.10. The Morgan fingerprint density at radius 3 is 3.00 bits per heavy atom. The lowest BCUT2D eigenvalue weighted by atomic mass is 10.1. The molecule has 3 rings (SSSR count). The van der Waals surface area contributed by atoms with Gasteiger partial charge in [0.15, 0.2) is 0 Å². The van der Waals surface area contributed by atoms with Crippen molar-refractivity contribution in [2.45, 2.75) is 16.8 Å². The fourth-order valence-corrected chi connectivity index (χ4v) is 3.94. The number of aliphatic hydroxyl groups excluding tert-OH is 1. The predicted octanol–water partition coefficient (Wildman–Crippen LogP) is 3.44. The summed E-state index contributed by atoms with van der Waals surface area (Å²) in [5, 5.41) is 12.3. The number of benzene rings is 1. The number of rotatable bonds is 0. The Labute approximate surface area is 96.8 Å². The number of fused-ring (bicyclic) bond motifs is 2. The minimum Gasteiger partial charge on any atom is -0.383 e. The molecular formula is C12H10OS2. The first-order chi connectivity index (χ1) is 7.36. The second kappa shape index (κ2) is 3.67. The van der Waals surface area contributed by atoms with E-state index in [4.69, 9.17) is 0 Å². The molecule has 1 aromatic carbocycles. The average molecular weight is 234 g/mol. The molecule has 1 N–H and O–H groups in total. The highest BCUT2D eigenvalue weighted by Crippen LogP contribution is 2.41. The summed E-state index contributed by atoms with van der Waals surface area (Å²) in [6.07, 6.45) is -0.439. The summed E-state index contributed by atoms with van der Waals surface area (Å²) in [5.41, 5.74) is 2.32. The molecule has 0 radical (unpaired) electrons. The van der Waals surface area contributed by atoms with Crippen LogP contribution in [0.5, 0.6) is 0 Å². The molecule has 0 spiro atoms. The standard InChI is InChI=1S/C12H10OS2/c13-11-9-3-1-2-4-10(9)15-7-8-5-6-14-12(8)11/h1-6,11,13H,7H2. The minimum absolute atomic E-state index is 0.439. The lowest BCUT2D eigenvalue weighted by molar-refractivity contribution is 0.221. The summed E-state index contributed by atoms with van der Waals surface area (Å²) < 4.78 is 0. The first-order valence-corrected chi connectivity index (χ1v) is 6.69. The molecule has 15 heavy (non-hydrogen) atoms. The molecule has 2 aromatic rings. The van der Waals surface area contributed by atoms with E-state index in [1.165, 1.54) is 10.5 Å². The topological polar surface area (TPSA) is 20.2 Å². The van der Waals surface area contributed by atoms with Crippen LogP contribution in [0.4, 0.5) is 0 Å². The molecule has 1 aliphatic heterocycles. The SMILES string of the molecule is OC1c2ccccc2SCc2ccsc21. The molecule has 0 saturated heterocycles. The fourth-order valence-electron chi connectivity index (χ4n) is 1.84. The quantitative estimate of drug-likeness (QED) is 0.753. The zero-order valence-corrected chi connectivity index (χ0v) is 9.65. The van der Waals surface area contributed by atoms with Crippen molar-refractivity contribution in [3.8, 4) is 0 Å². The van der Waals surface area contributed by atoms with Crippen LogP contribution in [-0.2, 0) is 5.75 Å². The average Bonchev–Trinajstić information content (AvgIpc) is 2.69. The molecule has 0 fully saturated rings. The van der Waals surface area contributed by atoms with E-state index in [0.29, 0.717) is 0 Å². The van der Waals surface area contributed by atoms with Crippen LogP contribution >= 0.6 is 23.1 Å². The summed E-state index contributed by atoms with van der Waals surface area (Å²) in [4.78, 5) is 2.31. The van der Waals surface area contributed by atoms with E-state index < -0.39 is 6.10 Å². The van der Waals surface area contributed by atoms with Crippen molar-refractivity contribution < 1.29 is 5.11 Å². The minimum atomic E-state index is -0.439. The summed E-state index contributed by atoms with van der Waals surface area (Å²) in [6, 6.07) is 10.2. The highest BCUT2D eigenvalue weighted by Gasteiger charge is 2.22. The smallest absolute Gasteiger partial charge is 0.115 e. The molecule has 2 heterocycles. The molecule has 1 atom stereocenters. The molecular weight excluding hydrogens is 224 g/mol. The van der Waals surface area contributed by atoms with E-state index in [9.17, 15) is 5.11 Å². The van der Waals surface area contributed by atoms with Crippen LogP contribution in [0.15, 0.2) is 40.6 Å². The van der Waals surface area contributed by atoms with Gasteiger partial charge in [0.2, 0.25) is 0 Å². The van der Waals surface area contributed by atoms with Gasteiger partial charge in [-0.3, -0.25) is 0 Å². The van der Waals surface area contributed by atoms with Crippen molar-refractivity contribution in [1.29, 1.82) is 0 Å². The van der Waals surface area contributed by atoms with Crippen LogP contribution in [0.3, 0.4) is 0 Å². The summed E-state index contributed by atoms with van der Waals surface area (Å²) in [5.74, 6) is 0.965. The normalized spacial score (nSPS) is 19.1. The predicted molar refractivity (Wildman–Crippen MR) is 64.4 cm³/mol.